The number of Topliss-reactive ketones (excluding diaryl/α,β-unsaturated/α-hetero) is 1. The van der Waals surface area contributed by atoms with Gasteiger partial charge in [0.2, 0.25) is 11.8 Å². The molecular formula is C26H17N3O6S. The van der Waals surface area contributed by atoms with Gasteiger partial charge in [0, 0.05) is 17.3 Å². The van der Waals surface area contributed by atoms with E-state index >= 15 is 0 Å². The van der Waals surface area contributed by atoms with Gasteiger partial charge in [-0.25, -0.2) is 9.69 Å². The molecule has 4 heterocycles. The molecule has 3 aliphatic rings. The van der Waals surface area contributed by atoms with Crippen molar-refractivity contribution >= 4 is 52.1 Å². The summed E-state index contributed by atoms with van der Waals surface area (Å²) in [6.45, 7) is 0. The Morgan fingerprint density at radius 2 is 1.78 bits per heavy atom. The first-order valence-corrected chi connectivity index (χ1v) is 11.9. The number of aliphatic hydroxyl groups excluding tert-OH is 1. The van der Waals surface area contributed by atoms with E-state index in [1.807, 2.05) is 0 Å². The molecule has 36 heavy (non-hydrogen) atoms. The maximum Gasteiger partial charge on any atom is 0.350 e. The van der Waals surface area contributed by atoms with Gasteiger partial charge in [-0.1, -0.05) is 30.3 Å². The van der Waals surface area contributed by atoms with Crippen molar-refractivity contribution in [2.45, 2.75) is 6.04 Å². The van der Waals surface area contributed by atoms with Gasteiger partial charge in [-0.05, 0) is 23.6 Å². The zero-order valence-electron chi connectivity index (χ0n) is 18.7. The van der Waals surface area contributed by atoms with Gasteiger partial charge in [0.05, 0.1) is 41.6 Å². The van der Waals surface area contributed by atoms with Crippen LogP contribution in [0.2, 0.25) is 0 Å². The number of anilines is 1. The molecule has 1 aliphatic carbocycles. The number of hydrogen-bond donors (Lipinski definition) is 1. The molecule has 10 heteroatoms. The highest BCUT2D eigenvalue weighted by atomic mass is 32.1. The fraction of sp³-hybridized carbons (Fsp3) is 0.154. The quantitative estimate of drug-likeness (QED) is 0.431. The van der Waals surface area contributed by atoms with Crippen LogP contribution in [0.25, 0.3) is 5.76 Å². The molecule has 3 aromatic rings. The van der Waals surface area contributed by atoms with E-state index < -0.39 is 41.4 Å². The Labute approximate surface area is 208 Å². The van der Waals surface area contributed by atoms with Gasteiger partial charge in [-0.3, -0.25) is 24.4 Å². The highest BCUT2D eigenvalue weighted by Gasteiger charge is 2.60. The summed E-state index contributed by atoms with van der Waals surface area (Å²) in [4.78, 5) is 63.3. The van der Waals surface area contributed by atoms with Crippen molar-refractivity contribution in [1.82, 2.24) is 4.98 Å². The number of hydrogen-bond acceptors (Lipinski definition) is 9. The van der Waals surface area contributed by atoms with Crippen LogP contribution in [0.1, 0.15) is 37.3 Å². The third kappa shape index (κ3) is 2.94. The van der Waals surface area contributed by atoms with Crippen LogP contribution in [-0.2, 0) is 14.3 Å². The molecule has 1 fully saturated rings. The minimum atomic E-state index is -1.13. The molecule has 0 unspecified atom stereocenters. The molecule has 1 N–H and O–H groups in total. The van der Waals surface area contributed by atoms with Crippen molar-refractivity contribution in [3.05, 3.63) is 87.4 Å². The number of thiophene rings is 1. The third-order valence-corrected chi connectivity index (χ3v) is 7.54. The SMILES string of the molecule is COC(=O)c1sccc1N1C(=O)[C@@H]2C(C3=C(O)c4ccccc4C3=O)=N[C@H](c3ccccn3)[C@H]2C1=O. The van der Waals surface area contributed by atoms with Gasteiger partial charge in [0.1, 0.15) is 16.7 Å². The number of fused-ring (bicyclic) bond motifs is 2. The number of pyridine rings is 1. The van der Waals surface area contributed by atoms with Gasteiger partial charge < -0.3 is 9.84 Å². The largest absolute Gasteiger partial charge is 0.506 e. The highest BCUT2D eigenvalue weighted by Crippen LogP contribution is 2.49. The first-order valence-electron chi connectivity index (χ1n) is 11.0. The van der Waals surface area contributed by atoms with Crippen molar-refractivity contribution in [3.8, 4) is 0 Å². The summed E-state index contributed by atoms with van der Waals surface area (Å²) in [7, 11) is 1.22. The second kappa shape index (κ2) is 8.06. The van der Waals surface area contributed by atoms with E-state index in [1.165, 1.54) is 13.2 Å². The summed E-state index contributed by atoms with van der Waals surface area (Å²) >= 11 is 1.05. The minimum absolute atomic E-state index is 0.0463. The van der Waals surface area contributed by atoms with E-state index in [4.69, 9.17) is 4.74 Å². The van der Waals surface area contributed by atoms with Crippen LogP contribution in [0, 0.1) is 11.8 Å². The van der Waals surface area contributed by atoms with Crippen LogP contribution in [0.3, 0.4) is 0 Å². The summed E-state index contributed by atoms with van der Waals surface area (Å²) in [5.74, 6) is -4.74. The molecule has 0 saturated carbocycles. The van der Waals surface area contributed by atoms with Gasteiger partial charge in [-0.15, -0.1) is 11.3 Å². The summed E-state index contributed by atoms with van der Waals surface area (Å²) in [6.07, 6.45) is 1.55. The number of nitrogens with zero attached hydrogens (tertiary/aromatic N) is 3. The Bertz CT molecular complexity index is 1540. The number of allylic oxidation sites excluding steroid dienone is 1. The Hall–Kier alpha value is -4.44. The smallest absolute Gasteiger partial charge is 0.350 e. The maximum absolute atomic E-state index is 13.8. The van der Waals surface area contributed by atoms with Crippen molar-refractivity contribution in [2.24, 2.45) is 16.8 Å². The molecule has 0 radical (unpaired) electrons. The lowest BCUT2D eigenvalue weighted by atomic mass is 9.84. The standard InChI is InChI=1S/C26H17N3O6S/c1-35-26(34)23-15(9-11-36-23)29-24(32)16-17(25(29)33)20(28-19(16)14-8-4-5-10-27-14)18-21(30)12-6-2-3-7-13(12)22(18)31/h2-11,16-17,19,30H,1H3/t16-,17-,19+/m0/s1. The number of carbonyl (C=O) groups is 4. The number of amides is 2. The third-order valence-electron chi connectivity index (χ3n) is 6.66. The van der Waals surface area contributed by atoms with Crippen LogP contribution >= 0.6 is 11.3 Å². The minimum Gasteiger partial charge on any atom is -0.506 e. The average molecular weight is 500 g/mol. The lowest BCUT2D eigenvalue weighted by Crippen LogP contribution is -2.34. The molecule has 0 bridgehead atoms. The van der Waals surface area contributed by atoms with Crippen molar-refractivity contribution < 1.29 is 29.0 Å². The van der Waals surface area contributed by atoms with Gasteiger partial charge in [-0.2, -0.15) is 0 Å². The molecule has 3 atom stereocenters. The normalized spacial score (nSPS) is 22.7. The Morgan fingerprint density at radius 1 is 1.03 bits per heavy atom. The molecule has 0 spiro atoms. The average Bonchev–Trinajstić information content (AvgIpc) is 3.64. The van der Waals surface area contributed by atoms with Crippen LogP contribution < -0.4 is 4.90 Å². The first-order chi connectivity index (χ1) is 17.4. The molecule has 2 aromatic heterocycles. The Morgan fingerprint density at radius 3 is 2.47 bits per heavy atom. The topological polar surface area (TPSA) is 126 Å². The van der Waals surface area contributed by atoms with Gasteiger partial charge in [0.25, 0.3) is 0 Å². The number of ketones is 1. The number of imide groups is 1. The number of aliphatic imine (C=N–C) groups is 1. The lowest BCUT2D eigenvalue weighted by Gasteiger charge is -2.18. The number of rotatable bonds is 4. The van der Waals surface area contributed by atoms with E-state index in [-0.39, 0.29) is 27.6 Å². The fourth-order valence-corrected chi connectivity index (χ4v) is 5.89. The number of aromatic nitrogens is 1. The molecule has 2 amide bonds. The first kappa shape index (κ1) is 22.1. The van der Waals surface area contributed by atoms with Crippen LogP contribution in [-0.4, -0.2) is 46.5 Å². The van der Waals surface area contributed by atoms with E-state index in [9.17, 15) is 24.3 Å². The molecule has 178 valence electrons. The van der Waals surface area contributed by atoms with Crippen LogP contribution in [0.15, 0.2) is 70.7 Å². The number of aliphatic hydroxyl groups is 1. The number of ether oxygens (including phenoxy) is 1. The fourth-order valence-electron chi connectivity index (χ4n) is 5.09. The molecular weight excluding hydrogens is 482 g/mol. The maximum atomic E-state index is 13.8. The van der Waals surface area contributed by atoms with Crippen LogP contribution in [0.5, 0.6) is 0 Å². The van der Waals surface area contributed by atoms with Crippen molar-refractivity contribution in [2.75, 3.05) is 12.0 Å². The van der Waals surface area contributed by atoms with Crippen molar-refractivity contribution in [1.29, 1.82) is 0 Å². The number of methoxy groups -OCH3 is 1. The zero-order valence-corrected chi connectivity index (χ0v) is 19.6. The number of carbonyl (C=O) groups excluding carboxylic acids is 4. The summed E-state index contributed by atoms with van der Waals surface area (Å²) in [5, 5.41) is 12.6. The molecule has 1 aromatic carbocycles. The molecule has 9 nitrogen and oxygen atoms in total. The number of benzene rings is 1. The van der Waals surface area contributed by atoms with E-state index in [1.54, 1.807) is 54.0 Å². The monoisotopic (exact) mass is 499 g/mol. The Balaban J connectivity index is 1.51. The molecule has 6 rings (SSSR count). The summed E-state index contributed by atoms with van der Waals surface area (Å²) in [5.41, 5.74) is 1.17. The highest BCUT2D eigenvalue weighted by molar-refractivity contribution is 7.12. The second-order valence-electron chi connectivity index (χ2n) is 8.45. The predicted molar refractivity (Wildman–Crippen MR) is 130 cm³/mol. The van der Waals surface area contributed by atoms with E-state index in [2.05, 4.69) is 9.98 Å². The predicted octanol–water partition coefficient (Wildman–Crippen LogP) is 3.40. The van der Waals surface area contributed by atoms with Crippen molar-refractivity contribution in [3.63, 3.8) is 0 Å². The summed E-state index contributed by atoms with van der Waals surface area (Å²) in [6, 6.07) is 12.4. The zero-order chi connectivity index (χ0) is 25.1. The van der Waals surface area contributed by atoms with Crippen LogP contribution in [0.4, 0.5) is 5.69 Å². The van der Waals surface area contributed by atoms with Gasteiger partial charge in [0.15, 0.2) is 5.78 Å². The Kier molecular flexibility index (Phi) is 4.94. The lowest BCUT2D eigenvalue weighted by molar-refractivity contribution is -0.122. The molecule has 2 aliphatic heterocycles. The second-order valence-corrected chi connectivity index (χ2v) is 9.37. The summed E-state index contributed by atoms with van der Waals surface area (Å²) < 4.78 is 4.82. The molecule has 1 saturated heterocycles. The number of esters is 1. The van der Waals surface area contributed by atoms with E-state index in [0.29, 0.717) is 16.8 Å². The van der Waals surface area contributed by atoms with E-state index in [0.717, 1.165) is 16.2 Å². The van der Waals surface area contributed by atoms with Gasteiger partial charge >= 0.3 is 5.97 Å².